The van der Waals surface area contributed by atoms with Crippen molar-refractivity contribution in [1.82, 2.24) is 4.98 Å². The van der Waals surface area contributed by atoms with Crippen LogP contribution in [-0.4, -0.2) is 17.4 Å². The second-order valence-electron chi connectivity index (χ2n) is 3.43. The third kappa shape index (κ3) is 3.33. The van der Waals surface area contributed by atoms with E-state index in [1.54, 1.807) is 17.6 Å². The Morgan fingerprint density at radius 2 is 2.28 bits per heavy atom. The van der Waals surface area contributed by atoms with Crippen LogP contribution in [0.15, 0.2) is 35.8 Å². The number of carbonyl (C=O) groups is 1. The van der Waals surface area contributed by atoms with Gasteiger partial charge >= 0.3 is 6.61 Å². The summed E-state index contributed by atoms with van der Waals surface area (Å²) in [6.07, 6.45) is 1.78. The molecule has 1 aromatic carbocycles. The van der Waals surface area contributed by atoms with Crippen molar-refractivity contribution in [2.45, 2.75) is 13.0 Å². The van der Waals surface area contributed by atoms with Crippen molar-refractivity contribution in [2.75, 3.05) is 0 Å². The van der Waals surface area contributed by atoms with Crippen molar-refractivity contribution in [3.05, 3.63) is 46.4 Å². The van der Waals surface area contributed by atoms with Crippen LogP contribution in [-0.2, 0) is 6.42 Å². The summed E-state index contributed by atoms with van der Waals surface area (Å²) in [6, 6.07) is 5.76. The van der Waals surface area contributed by atoms with E-state index in [0.29, 0.717) is 10.6 Å². The number of hydrogen-bond acceptors (Lipinski definition) is 4. The highest BCUT2D eigenvalue weighted by molar-refractivity contribution is 7.09. The van der Waals surface area contributed by atoms with Crippen LogP contribution in [0, 0.1) is 0 Å². The lowest BCUT2D eigenvalue weighted by Crippen LogP contribution is -2.05. The highest BCUT2D eigenvalue weighted by Crippen LogP contribution is 2.18. The molecule has 0 unspecified atom stereocenters. The molecule has 0 spiro atoms. The molecule has 94 valence electrons. The van der Waals surface area contributed by atoms with E-state index in [1.807, 2.05) is 0 Å². The largest absolute Gasteiger partial charge is 0.435 e. The molecule has 3 nitrogen and oxygen atoms in total. The lowest BCUT2D eigenvalue weighted by molar-refractivity contribution is -0.0498. The fraction of sp³-hybridized carbons (Fsp3) is 0.167. The number of alkyl halides is 2. The fourth-order valence-electron chi connectivity index (χ4n) is 1.43. The van der Waals surface area contributed by atoms with Crippen LogP contribution in [0.25, 0.3) is 0 Å². The monoisotopic (exact) mass is 269 g/mol. The number of carbonyl (C=O) groups excluding carboxylic acids is 1. The molecule has 0 fully saturated rings. The van der Waals surface area contributed by atoms with Crippen molar-refractivity contribution >= 4 is 17.1 Å². The average molecular weight is 269 g/mol. The Balaban J connectivity index is 2.10. The minimum Gasteiger partial charge on any atom is -0.435 e. The van der Waals surface area contributed by atoms with E-state index in [0.717, 1.165) is 0 Å². The van der Waals surface area contributed by atoms with Crippen LogP contribution in [0.2, 0.25) is 0 Å². The Bertz CT molecular complexity index is 529. The van der Waals surface area contributed by atoms with E-state index in [4.69, 9.17) is 0 Å². The van der Waals surface area contributed by atoms with Crippen molar-refractivity contribution < 1.29 is 18.3 Å². The van der Waals surface area contributed by atoms with Crippen LogP contribution in [0.1, 0.15) is 15.4 Å². The van der Waals surface area contributed by atoms with Crippen LogP contribution < -0.4 is 4.74 Å². The van der Waals surface area contributed by atoms with Gasteiger partial charge in [0, 0.05) is 17.1 Å². The van der Waals surface area contributed by atoms with Crippen molar-refractivity contribution in [2.24, 2.45) is 0 Å². The van der Waals surface area contributed by atoms with Gasteiger partial charge in [-0.25, -0.2) is 4.98 Å². The molecule has 0 aliphatic carbocycles. The lowest BCUT2D eigenvalue weighted by Gasteiger charge is -2.05. The first kappa shape index (κ1) is 12.6. The van der Waals surface area contributed by atoms with Crippen LogP contribution in [0.4, 0.5) is 8.78 Å². The maximum atomic E-state index is 12.0. The standard InChI is InChI=1S/C12H9F2NO2S/c13-12(14)17-9-3-1-2-8(6-9)10(16)7-11-15-4-5-18-11/h1-6,12H,7H2. The highest BCUT2D eigenvalue weighted by Gasteiger charge is 2.11. The summed E-state index contributed by atoms with van der Waals surface area (Å²) in [5.74, 6) is -0.195. The summed E-state index contributed by atoms with van der Waals surface area (Å²) >= 11 is 1.38. The van der Waals surface area contributed by atoms with Crippen molar-refractivity contribution in [1.29, 1.82) is 0 Å². The highest BCUT2D eigenvalue weighted by atomic mass is 32.1. The Kier molecular flexibility index (Phi) is 3.99. The molecule has 2 aromatic rings. The predicted molar refractivity (Wildman–Crippen MR) is 63.2 cm³/mol. The normalized spacial score (nSPS) is 10.6. The van der Waals surface area contributed by atoms with E-state index in [2.05, 4.69) is 9.72 Å². The van der Waals surface area contributed by atoms with E-state index in [1.165, 1.54) is 29.5 Å². The van der Waals surface area contributed by atoms with Gasteiger partial charge in [0.05, 0.1) is 6.42 Å². The number of thiazole rings is 1. The second-order valence-corrected chi connectivity index (χ2v) is 4.41. The first-order valence-corrected chi connectivity index (χ1v) is 5.99. The number of hydrogen-bond donors (Lipinski definition) is 0. The van der Waals surface area contributed by atoms with Crippen molar-refractivity contribution in [3.63, 3.8) is 0 Å². The number of Topliss-reactive ketones (excluding diaryl/α,β-unsaturated/α-hetero) is 1. The summed E-state index contributed by atoms with van der Waals surface area (Å²) in [5.41, 5.74) is 0.336. The molecular weight excluding hydrogens is 260 g/mol. The maximum Gasteiger partial charge on any atom is 0.387 e. The number of ether oxygens (including phenoxy) is 1. The van der Waals surface area contributed by atoms with Crippen LogP contribution in [0.5, 0.6) is 5.75 Å². The number of benzene rings is 1. The maximum absolute atomic E-state index is 12.0. The number of aromatic nitrogens is 1. The molecule has 0 saturated carbocycles. The molecule has 1 aromatic heterocycles. The zero-order valence-corrected chi connectivity index (χ0v) is 9.99. The molecule has 0 aliphatic rings. The molecule has 2 rings (SSSR count). The number of halogens is 2. The van der Waals surface area contributed by atoms with E-state index in [9.17, 15) is 13.6 Å². The first-order valence-electron chi connectivity index (χ1n) is 5.11. The lowest BCUT2D eigenvalue weighted by atomic mass is 10.1. The van der Waals surface area contributed by atoms with Gasteiger partial charge in [-0.1, -0.05) is 12.1 Å². The van der Waals surface area contributed by atoms with Gasteiger partial charge in [-0.3, -0.25) is 4.79 Å². The number of ketones is 1. The molecule has 0 aliphatic heterocycles. The Morgan fingerprint density at radius 3 is 2.94 bits per heavy atom. The Labute approximate surface area is 106 Å². The Morgan fingerprint density at radius 1 is 1.44 bits per heavy atom. The van der Waals surface area contributed by atoms with Gasteiger partial charge in [0.1, 0.15) is 10.8 Å². The smallest absolute Gasteiger partial charge is 0.387 e. The SMILES string of the molecule is O=C(Cc1nccs1)c1cccc(OC(F)F)c1. The summed E-state index contributed by atoms with van der Waals surface area (Å²) in [6.45, 7) is -2.89. The molecule has 0 N–H and O–H groups in total. The number of nitrogens with zero attached hydrogens (tertiary/aromatic N) is 1. The molecule has 0 amide bonds. The summed E-state index contributed by atoms with van der Waals surface area (Å²) in [4.78, 5) is 15.9. The quantitative estimate of drug-likeness (QED) is 0.783. The summed E-state index contributed by atoms with van der Waals surface area (Å²) in [5, 5.41) is 2.47. The van der Waals surface area contributed by atoms with Gasteiger partial charge in [-0.05, 0) is 12.1 Å². The summed E-state index contributed by atoms with van der Waals surface area (Å²) < 4.78 is 28.3. The molecule has 0 saturated heterocycles. The number of rotatable bonds is 5. The van der Waals surface area contributed by atoms with Gasteiger partial charge in [0.25, 0.3) is 0 Å². The Hall–Kier alpha value is -1.82. The zero-order valence-electron chi connectivity index (χ0n) is 9.18. The summed E-state index contributed by atoms with van der Waals surface area (Å²) in [7, 11) is 0. The van der Waals surface area contributed by atoms with E-state index < -0.39 is 6.61 Å². The molecule has 0 atom stereocenters. The van der Waals surface area contributed by atoms with Crippen LogP contribution >= 0.6 is 11.3 Å². The average Bonchev–Trinajstić information content (AvgIpc) is 2.81. The van der Waals surface area contributed by atoms with E-state index >= 15 is 0 Å². The van der Waals surface area contributed by atoms with Gasteiger partial charge in [0.15, 0.2) is 5.78 Å². The molecule has 6 heteroatoms. The van der Waals surface area contributed by atoms with Crippen LogP contribution in [0.3, 0.4) is 0 Å². The molecule has 1 heterocycles. The van der Waals surface area contributed by atoms with Gasteiger partial charge in [-0.2, -0.15) is 8.78 Å². The molecule has 0 radical (unpaired) electrons. The van der Waals surface area contributed by atoms with Crippen molar-refractivity contribution in [3.8, 4) is 5.75 Å². The van der Waals surface area contributed by atoms with E-state index in [-0.39, 0.29) is 18.0 Å². The first-order chi connectivity index (χ1) is 8.65. The fourth-order valence-corrected chi connectivity index (χ4v) is 2.04. The minimum absolute atomic E-state index is 0.0185. The van der Waals surface area contributed by atoms with Gasteiger partial charge in [-0.15, -0.1) is 11.3 Å². The third-order valence-corrected chi connectivity index (χ3v) is 2.96. The third-order valence-electron chi connectivity index (χ3n) is 2.18. The van der Waals surface area contributed by atoms with Gasteiger partial charge in [0.2, 0.25) is 0 Å². The molecular formula is C12H9F2NO2S. The zero-order chi connectivity index (χ0) is 13.0. The van der Waals surface area contributed by atoms with Gasteiger partial charge < -0.3 is 4.74 Å². The molecule has 0 bridgehead atoms. The molecule has 18 heavy (non-hydrogen) atoms. The second kappa shape index (κ2) is 5.68. The topological polar surface area (TPSA) is 39.2 Å². The predicted octanol–water partition coefficient (Wildman–Crippen LogP) is 3.17. The minimum atomic E-state index is -2.89.